The number of likely N-dealkylation sites (tertiary alicyclic amines) is 1. The summed E-state index contributed by atoms with van der Waals surface area (Å²) in [5.41, 5.74) is 1.27. The second-order valence-corrected chi connectivity index (χ2v) is 9.12. The zero-order valence-corrected chi connectivity index (χ0v) is 19.4. The Morgan fingerprint density at radius 2 is 1.67 bits per heavy atom. The molecule has 1 aliphatic heterocycles. The van der Waals surface area contributed by atoms with Gasteiger partial charge in [-0.2, -0.15) is 0 Å². The van der Waals surface area contributed by atoms with Crippen molar-refractivity contribution in [2.24, 2.45) is 0 Å². The maximum atomic E-state index is 13.5. The van der Waals surface area contributed by atoms with Gasteiger partial charge in [-0.25, -0.2) is 4.68 Å². The summed E-state index contributed by atoms with van der Waals surface area (Å²) in [5.74, 6) is 1.99. The summed E-state index contributed by atoms with van der Waals surface area (Å²) in [4.78, 5) is 18.9. The molecule has 2 fully saturated rings. The van der Waals surface area contributed by atoms with Crippen molar-refractivity contribution in [3.05, 3.63) is 39.9 Å². The largest absolute Gasteiger partial charge is 0.493 e. The van der Waals surface area contributed by atoms with E-state index in [1.54, 1.807) is 14.2 Å². The van der Waals surface area contributed by atoms with Crippen LogP contribution < -0.4 is 15.0 Å². The van der Waals surface area contributed by atoms with Crippen molar-refractivity contribution in [1.29, 1.82) is 0 Å². The lowest BCUT2D eigenvalue weighted by Gasteiger charge is -2.30. The van der Waals surface area contributed by atoms with Gasteiger partial charge in [-0.1, -0.05) is 25.7 Å². The molecule has 176 valence electrons. The van der Waals surface area contributed by atoms with Crippen LogP contribution in [0.5, 0.6) is 11.5 Å². The number of tetrazole rings is 1. The molecule has 1 atom stereocenters. The SMILES string of the molecule is COc1cc2cc([C@H](c3nnnn3C3CCCC3)N3CCCCCC3)c(=O)[nH]c2cc1OC. The van der Waals surface area contributed by atoms with Crippen molar-refractivity contribution in [3.8, 4) is 11.5 Å². The minimum absolute atomic E-state index is 0.120. The molecule has 3 aromatic rings. The topological polar surface area (TPSA) is 98.2 Å². The first-order valence-corrected chi connectivity index (χ1v) is 12.0. The first-order chi connectivity index (χ1) is 16.2. The molecule has 0 bridgehead atoms. The molecule has 2 aliphatic rings. The summed E-state index contributed by atoms with van der Waals surface area (Å²) < 4.78 is 12.9. The molecule has 1 saturated carbocycles. The van der Waals surface area contributed by atoms with Gasteiger partial charge in [-0.3, -0.25) is 9.69 Å². The molecule has 1 N–H and O–H groups in total. The van der Waals surface area contributed by atoms with Crippen LogP contribution in [0.15, 0.2) is 23.0 Å². The number of methoxy groups -OCH3 is 2. The van der Waals surface area contributed by atoms with E-state index in [0.29, 0.717) is 28.6 Å². The van der Waals surface area contributed by atoms with Gasteiger partial charge in [0.05, 0.1) is 25.8 Å². The number of rotatable bonds is 6. The molecule has 1 aliphatic carbocycles. The highest BCUT2D eigenvalue weighted by atomic mass is 16.5. The van der Waals surface area contributed by atoms with Crippen LogP contribution >= 0.6 is 0 Å². The maximum Gasteiger partial charge on any atom is 0.253 e. The number of aromatic amines is 1. The van der Waals surface area contributed by atoms with E-state index in [1.807, 2.05) is 22.9 Å². The van der Waals surface area contributed by atoms with Crippen LogP contribution in [-0.4, -0.2) is 57.4 Å². The Labute approximate surface area is 193 Å². The molecule has 2 aromatic heterocycles. The molecule has 0 spiro atoms. The van der Waals surface area contributed by atoms with Crippen LogP contribution in [0, 0.1) is 0 Å². The zero-order valence-electron chi connectivity index (χ0n) is 19.4. The van der Waals surface area contributed by atoms with Crippen LogP contribution in [0.25, 0.3) is 10.9 Å². The lowest BCUT2D eigenvalue weighted by molar-refractivity contribution is 0.216. The minimum Gasteiger partial charge on any atom is -0.493 e. The van der Waals surface area contributed by atoms with Crippen molar-refractivity contribution in [1.82, 2.24) is 30.1 Å². The number of aromatic nitrogens is 5. The highest BCUT2D eigenvalue weighted by Crippen LogP contribution is 2.36. The number of H-pyrrole nitrogens is 1. The fraction of sp³-hybridized carbons (Fsp3) is 0.583. The van der Waals surface area contributed by atoms with Crippen LogP contribution in [0.1, 0.15) is 74.8 Å². The second-order valence-electron chi connectivity index (χ2n) is 9.12. The number of hydrogen-bond donors (Lipinski definition) is 1. The zero-order chi connectivity index (χ0) is 22.8. The standard InChI is InChI=1S/C24H32N6O3/c1-32-20-14-16-13-18(24(31)25-19(16)15-21(20)33-2)22(29-11-7-3-4-8-12-29)23-26-27-28-30(23)17-9-5-6-10-17/h13-15,17,22H,3-12H2,1-2H3,(H,25,31)/t22-/m1/s1. The van der Waals surface area contributed by atoms with Crippen molar-refractivity contribution in [2.75, 3.05) is 27.3 Å². The molecule has 5 rings (SSSR count). The monoisotopic (exact) mass is 452 g/mol. The summed E-state index contributed by atoms with van der Waals surface area (Å²) in [6.45, 7) is 1.84. The molecule has 0 amide bonds. The van der Waals surface area contributed by atoms with E-state index in [-0.39, 0.29) is 11.6 Å². The van der Waals surface area contributed by atoms with E-state index in [1.165, 1.54) is 25.7 Å². The van der Waals surface area contributed by atoms with Crippen LogP contribution in [-0.2, 0) is 0 Å². The second kappa shape index (κ2) is 9.51. The first kappa shape index (κ1) is 21.9. The third-order valence-electron chi connectivity index (χ3n) is 7.11. The quantitative estimate of drug-likeness (QED) is 0.610. The van der Waals surface area contributed by atoms with Crippen LogP contribution in [0.4, 0.5) is 0 Å². The molecule has 0 unspecified atom stereocenters. The van der Waals surface area contributed by atoms with Gasteiger partial charge < -0.3 is 14.5 Å². The van der Waals surface area contributed by atoms with Crippen LogP contribution in [0.2, 0.25) is 0 Å². The van der Waals surface area contributed by atoms with E-state index in [9.17, 15) is 4.79 Å². The van der Waals surface area contributed by atoms with Gasteiger partial charge in [0.15, 0.2) is 17.3 Å². The van der Waals surface area contributed by atoms with Crippen molar-refractivity contribution < 1.29 is 9.47 Å². The third-order valence-corrected chi connectivity index (χ3v) is 7.11. The highest BCUT2D eigenvalue weighted by Gasteiger charge is 2.33. The van der Waals surface area contributed by atoms with Crippen molar-refractivity contribution in [2.45, 2.75) is 63.5 Å². The van der Waals surface area contributed by atoms with E-state index < -0.39 is 0 Å². The Morgan fingerprint density at radius 3 is 2.36 bits per heavy atom. The van der Waals surface area contributed by atoms with Gasteiger partial charge in [0.25, 0.3) is 5.56 Å². The summed E-state index contributed by atoms with van der Waals surface area (Å²) in [5, 5.41) is 13.8. The number of nitrogens with one attached hydrogen (secondary N) is 1. The summed E-state index contributed by atoms with van der Waals surface area (Å²) in [6, 6.07) is 5.70. The Bertz CT molecular complexity index is 1160. The molecule has 3 heterocycles. The Morgan fingerprint density at radius 1 is 0.970 bits per heavy atom. The average molecular weight is 453 g/mol. The molecule has 33 heavy (non-hydrogen) atoms. The fourth-order valence-corrected chi connectivity index (χ4v) is 5.39. The van der Waals surface area contributed by atoms with Gasteiger partial charge in [-0.05, 0) is 61.3 Å². The fourth-order valence-electron chi connectivity index (χ4n) is 5.39. The first-order valence-electron chi connectivity index (χ1n) is 12.0. The number of pyridine rings is 1. The number of hydrogen-bond acceptors (Lipinski definition) is 7. The van der Waals surface area contributed by atoms with Gasteiger partial charge in [0, 0.05) is 17.0 Å². The van der Waals surface area contributed by atoms with Crippen molar-refractivity contribution >= 4 is 10.9 Å². The van der Waals surface area contributed by atoms with E-state index in [4.69, 9.17) is 9.47 Å². The van der Waals surface area contributed by atoms with Crippen molar-refractivity contribution in [3.63, 3.8) is 0 Å². The van der Waals surface area contributed by atoms with E-state index in [0.717, 1.165) is 50.0 Å². The minimum atomic E-state index is -0.292. The lowest BCUT2D eigenvalue weighted by atomic mass is 10.0. The van der Waals surface area contributed by atoms with Gasteiger partial charge in [0.2, 0.25) is 0 Å². The normalized spacial score (nSPS) is 19.0. The molecule has 1 aromatic carbocycles. The average Bonchev–Trinajstić information content (AvgIpc) is 3.46. The third kappa shape index (κ3) is 4.21. The smallest absolute Gasteiger partial charge is 0.253 e. The Balaban J connectivity index is 1.66. The molecule has 1 saturated heterocycles. The lowest BCUT2D eigenvalue weighted by Crippen LogP contribution is -2.36. The number of nitrogens with zero attached hydrogens (tertiary/aromatic N) is 5. The summed E-state index contributed by atoms with van der Waals surface area (Å²) in [6.07, 6.45) is 9.18. The van der Waals surface area contributed by atoms with Gasteiger partial charge >= 0.3 is 0 Å². The van der Waals surface area contributed by atoms with E-state index in [2.05, 4.69) is 25.4 Å². The van der Waals surface area contributed by atoms with E-state index >= 15 is 0 Å². The van der Waals surface area contributed by atoms with Crippen LogP contribution in [0.3, 0.4) is 0 Å². The number of ether oxygens (including phenoxy) is 2. The maximum absolute atomic E-state index is 13.5. The molecule has 9 heteroatoms. The summed E-state index contributed by atoms with van der Waals surface area (Å²) in [7, 11) is 3.21. The number of fused-ring (bicyclic) bond motifs is 1. The molecule has 9 nitrogen and oxygen atoms in total. The highest BCUT2D eigenvalue weighted by molar-refractivity contribution is 5.83. The van der Waals surface area contributed by atoms with Gasteiger partial charge in [-0.15, -0.1) is 5.10 Å². The molecular formula is C24H32N6O3. The molecule has 0 radical (unpaired) electrons. The molecular weight excluding hydrogens is 420 g/mol. The Hall–Kier alpha value is -2.94. The Kier molecular flexibility index (Phi) is 6.30. The summed E-state index contributed by atoms with van der Waals surface area (Å²) >= 11 is 0. The van der Waals surface area contributed by atoms with Gasteiger partial charge in [0.1, 0.15) is 6.04 Å². The predicted molar refractivity (Wildman–Crippen MR) is 125 cm³/mol. The number of benzene rings is 1. The predicted octanol–water partition coefficient (Wildman–Crippen LogP) is 3.61.